The number of esters is 1. The molecule has 0 N–H and O–H groups in total. The maximum atomic E-state index is 12.1. The molecule has 5 heteroatoms. The van der Waals surface area contributed by atoms with E-state index in [4.69, 9.17) is 4.74 Å². The molecule has 0 fully saturated rings. The predicted octanol–water partition coefficient (Wildman–Crippen LogP) is 3.07. The molecule has 1 heterocycles. The van der Waals surface area contributed by atoms with Crippen molar-refractivity contribution in [2.45, 2.75) is 40.2 Å². The Morgan fingerprint density at radius 2 is 2.11 bits per heavy atom. The summed E-state index contributed by atoms with van der Waals surface area (Å²) in [5.74, 6) is -0.0711. The van der Waals surface area contributed by atoms with E-state index in [2.05, 4.69) is 15.9 Å². The van der Waals surface area contributed by atoms with Crippen LogP contribution in [0, 0.1) is 12.8 Å². The van der Waals surface area contributed by atoms with Crippen molar-refractivity contribution in [1.29, 1.82) is 0 Å². The summed E-state index contributed by atoms with van der Waals surface area (Å²) in [5.41, 5.74) is 0.709. The van der Waals surface area contributed by atoms with Gasteiger partial charge in [0.25, 0.3) is 5.56 Å². The van der Waals surface area contributed by atoms with E-state index in [1.807, 2.05) is 27.7 Å². The van der Waals surface area contributed by atoms with Crippen molar-refractivity contribution in [1.82, 2.24) is 4.57 Å². The first-order valence-electron chi connectivity index (χ1n) is 6.41. The standard InChI is InChI=1S/C14H20BrNO3/c1-5-12(14(18)19-8-9(2)3)16-7-10(4)6-11(15)13(16)17/h6-7,9,12H,5,8H2,1-4H3. The monoisotopic (exact) mass is 329 g/mol. The van der Waals surface area contributed by atoms with Gasteiger partial charge in [0.2, 0.25) is 0 Å². The Labute approximate surface area is 121 Å². The fraction of sp³-hybridized carbons (Fsp3) is 0.571. The zero-order valence-corrected chi connectivity index (χ0v) is 13.4. The number of carbonyl (C=O) groups is 1. The zero-order chi connectivity index (χ0) is 14.6. The number of rotatable bonds is 5. The number of halogens is 1. The minimum absolute atomic E-state index is 0.209. The molecule has 0 bridgehead atoms. The molecule has 1 rings (SSSR count). The second-order valence-corrected chi connectivity index (χ2v) is 5.88. The molecule has 1 atom stereocenters. The molecule has 0 aliphatic carbocycles. The highest BCUT2D eigenvalue weighted by Gasteiger charge is 2.22. The number of nitrogens with zero attached hydrogens (tertiary/aromatic N) is 1. The van der Waals surface area contributed by atoms with E-state index in [9.17, 15) is 9.59 Å². The number of carbonyl (C=O) groups excluding carboxylic acids is 1. The van der Waals surface area contributed by atoms with E-state index >= 15 is 0 Å². The highest BCUT2D eigenvalue weighted by atomic mass is 79.9. The number of aryl methyl sites for hydroxylation is 1. The van der Waals surface area contributed by atoms with Crippen molar-refractivity contribution in [3.63, 3.8) is 0 Å². The lowest BCUT2D eigenvalue weighted by Gasteiger charge is -2.18. The van der Waals surface area contributed by atoms with Crippen LogP contribution in [0.4, 0.5) is 0 Å². The molecular weight excluding hydrogens is 310 g/mol. The van der Waals surface area contributed by atoms with Crippen molar-refractivity contribution in [3.05, 3.63) is 32.7 Å². The van der Waals surface area contributed by atoms with Gasteiger partial charge in [-0.3, -0.25) is 4.79 Å². The average Bonchev–Trinajstić information content (AvgIpc) is 2.33. The lowest BCUT2D eigenvalue weighted by atomic mass is 10.2. The topological polar surface area (TPSA) is 48.3 Å². The first-order chi connectivity index (χ1) is 8.86. The minimum Gasteiger partial charge on any atom is -0.464 e. The Morgan fingerprint density at radius 3 is 2.63 bits per heavy atom. The molecule has 0 amide bonds. The summed E-state index contributed by atoms with van der Waals surface area (Å²) in [6.45, 7) is 8.07. The normalized spacial score (nSPS) is 12.5. The summed E-state index contributed by atoms with van der Waals surface area (Å²) in [6.07, 6.45) is 2.21. The molecular formula is C14H20BrNO3. The molecule has 0 radical (unpaired) electrons. The molecule has 1 aromatic rings. The molecule has 0 saturated carbocycles. The van der Waals surface area contributed by atoms with E-state index in [-0.39, 0.29) is 17.4 Å². The van der Waals surface area contributed by atoms with E-state index < -0.39 is 6.04 Å². The summed E-state index contributed by atoms with van der Waals surface area (Å²) >= 11 is 3.22. The summed E-state index contributed by atoms with van der Waals surface area (Å²) in [7, 11) is 0. The lowest BCUT2D eigenvalue weighted by Crippen LogP contribution is -2.31. The first kappa shape index (κ1) is 16.0. The number of hydrogen-bond donors (Lipinski definition) is 0. The predicted molar refractivity (Wildman–Crippen MR) is 78.3 cm³/mol. The molecule has 0 saturated heterocycles. The van der Waals surface area contributed by atoms with Crippen LogP contribution in [-0.4, -0.2) is 17.1 Å². The van der Waals surface area contributed by atoms with E-state index in [0.29, 0.717) is 17.5 Å². The SMILES string of the molecule is CCC(C(=O)OCC(C)C)n1cc(C)cc(Br)c1=O. The molecule has 19 heavy (non-hydrogen) atoms. The maximum absolute atomic E-state index is 12.1. The summed E-state index contributed by atoms with van der Waals surface area (Å²) in [5, 5.41) is 0. The molecule has 106 valence electrons. The molecule has 0 aliphatic rings. The van der Waals surface area contributed by atoms with Crippen molar-refractivity contribution in [3.8, 4) is 0 Å². The third-order valence-corrected chi connectivity index (χ3v) is 3.26. The van der Waals surface area contributed by atoms with Crippen molar-refractivity contribution < 1.29 is 9.53 Å². The lowest BCUT2D eigenvalue weighted by molar-refractivity contribution is -0.149. The van der Waals surface area contributed by atoms with Crippen LogP contribution in [0.5, 0.6) is 0 Å². The third-order valence-electron chi connectivity index (χ3n) is 2.69. The maximum Gasteiger partial charge on any atom is 0.329 e. The van der Waals surface area contributed by atoms with Crippen LogP contribution in [0.1, 0.15) is 38.8 Å². The van der Waals surface area contributed by atoms with E-state index in [1.54, 1.807) is 12.3 Å². The smallest absolute Gasteiger partial charge is 0.329 e. The van der Waals surface area contributed by atoms with Crippen LogP contribution >= 0.6 is 15.9 Å². The van der Waals surface area contributed by atoms with Gasteiger partial charge in [0, 0.05) is 6.20 Å². The van der Waals surface area contributed by atoms with Gasteiger partial charge in [0.05, 0.1) is 11.1 Å². The zero-order valence-electron chi connectivity index (χ0n) is 11.8. The summed E-state index contributed by atoms with van der Waals surface area (Å²) in [4.78, 5) is 24.1. The Bertz CT molecular complexity index is 508. The summed E-state index contributed by atoms with van der Waals surface area (Å²) in [6, 6.07) is 1.17. The van der Waals surface area contributed by atoms with Gasteiger partial charge >= 0.3 is 5.97 Å². The molecule has 1 aromatic heterocycles. The highest BCUT2D eigenvalue weighted by Crippen LogP contribution is 2.15. The molecule has 4 nitrogen and oxygen atoms in total. The average molecular weight is 330 g/mol. The van der Waals surface area contributed by atoms with Crippen LogP contribution in [0.15, 0.2) is 21.5 Å². The van der Waals surface area contributed by atoms with Gasteiger partial charge in [-0.25, -0.2) is 4.79 Å². The van der Waals surface area contributed by atoms with Gasteiger partial charge in [-0.2, -0.15) is 0 Å². The van der Waals surface area contributed by atoms with Gasteiger partial charge in [-0.15, -0.1) is 0 Å². The van der Waals surface area contributed by atoms with Crippen LogP contribution in [0.3, 0.4) is 0 Å². The molecule has 0 aliphatic heterocycles. The van der Waals surface area contributed by atoms with Gasteiger partial charge in [-0.05, 0) is 46.8 Å². The fourth-order valence-corrected chi connectivity index (χ4v) is 2.32. The first-order valence-corrected chi connectivity index (χ1v) is 7.21. The van der Waals surface area contributed by atoms with Crippen molar-refractivity contribution in [2.24, 2.45) is 5.92 Å². The Morgan fingerprint density at radius 1 is 1.47 bits per heavy atom. The Balaban J connectivity index is 3.03. The third kappa shape index (κ3) is 4.20. The second-order valence-electron chi connectivity index (χ2n) is 5.03. The van der Waals surface area contributed by atoms with Crippen LogP contribution in [0.25, 0.3) is 0 Å². The van der Waals surface area contributed by atoms with Crippen molar-refractivity contribution in [2.75, 3.05) is 6.61 Å². The largest absolute Gasteiger partial charge is 0.464 e. The second kappa shape index (κ2) is 6.89. The van der Waals surface area contributed by atoms with Crippen molar-refractivity contribution >= 4 is 21.9 Å². The fourth-order valence-electron chi connectivity index (χ4n) is 1.75. The van der Waals surface area contributed by atoms with Gasteiger partial charge in [0.1, 0.15) is 6.04 Å². The molecule has 0 aromatic carbocycles. The Hall–Kier alpha value is -1.10. The van der Waals surface area contributed by atoms with E-state index in [1.165, 1.54) is 4.57 Å². The molecule has 0 spiro atoms. The Kier molecular flexibility index (Phi) is 5.79. The highest BCUT2D eigenvalue weighted by molar-refractivity contribution is 9.10. The summed E-state index contributed by atoms with van der Waals surface area (Å²) < 4.78 is 7.14. The number of ether oxygens (including phenoxy) is 1. The number of pyridine rings is 1. The van der Waals surface area contributed by atoms with Crippen LogP contribution in [0.2, 0.25) is 0 Å². The van der Waals surface area contributed by atoms with Gasteiger partial charge < -0.3 is 9.30 Å². The molecule has 1 unspecified atom stereocenters. The quantitative estimate of drug-likeness (QED) is 0.780. The van der Waals surface area contributed by atoms with E-state index in [0.717, 1.165) is 5.56 Å². The van der Waals surface area contributed by atoms with Gasteiger partial charge in [0.15, 0.2) is 0 Å². The van der Waals surface area contributed by atoms with Gasteiger partial charge in [-0.1, -0.05) is 20.8 Å². The van der Waals surface area contributed by atoms with Crippen LogP contribution < -0.4 is 5.56 Å². The minimum atomic E-state index is -0.567. The number of aromatic nitrogens is 1. The van der Waals surface area contributed by atoms with Crippen LogP contribution in [-0.2, 0) is 9.53 Å². The number of hydrogen-bond acceptors (Lipinski definition) is 3.